The monoisotopic (exact) mass is 280 g/mol. The Morgan fingerprint density at radius 2 is 2.21 bits per heavy atom. The lowest BCUT2D eigenvalue weighted by molar-refractivity contribution is -0.117. The molecule has 0 unspecified atom stereocenters. The Morgan fingerprint density at radius 1 is 1.42 bits per heavy atom. The number of sulfonamides is 1. The van der Waals surface area contributed by atoms with Crippen LogP contribution in [-0.4, -0.2) is 26.6 Å². The third kappa shape index (κ3) is 3.35. The second-order valence-electron chi connectivity index (χ2n) is 4.41. The number of nitrogens with two attached hydrogens (primary N) is 1. The van der Waals surface area contributed by atoms with Gasteiger partial charge in [0.05, 0.1) is 11.4 Å². The summed E-state index contributed by atoms with van der Waals surface area (Å²) < 4.78 is 25.1. The fourth-order valence-electron chi connectivity index (χ4n) is 2.02. The van der Waals surface area contributed by atoms with E-state index in [9.17, 15) is 13.2 Å². The number of hydrogen-bond acceptors (Lipinski definition) is 3. The van der Waals surface area contributed by atoms with E-state index in [1.807, 2.05) is 6.07 Å². The zero-order valence-electron chi connectivity index (χ0n) is 10.5. The highest BCUT2D eigenvalue weighted by Gasteiger charge is 2.28. The molecule has 0 aromatic heterocycles. The van der Waals surface area contributed by atoms with Crippen LogP contribution >= 0.6 is 0 Å². The average molecular weight is 280 g/mol. The van der Waals surface area contributed by atoms with E-state index in [1.54, 1.807) is 30.4 Å². The van der Waals surface area contributed by atoms with Crippen molar-refractivity contribution in [3.05, 3.63) is 35.9 Å². The molecule has 0 spiro atoms. The van der Waals surface area contributed by atoms with Gasteiger partial charge in [-0.2, -0.15) is 0 Å². The van der Waals surface area contributed by atoms with Crippen molar-refractivity contribution in [3.63, 3.8) is 0 Å². The number of carbonyl (C=O) groups is 1. The SMILES string of the molecule is NC(=O)CC=Cc1cccc(N2CCCS2(=O)=O)c1. The van der Waals surface area contributed by atoms with Crippen molar-refractivity contribution in [1.82, 2.24) is 0 Å². The molecule has 1 aliphatic rings. The molecule has 0 bridgehead atoms. The van der Waals surface area contributed by atoms with Crippen LogP contribution < -0.4 is 10.0 Å². The lowest BCUT2D eigenvalue weighted by Gasteiger charge is -2.17. The molecule has 1 heterocycles. The Labute approximate surface area is 112 Å². The van der Waals surface area contributed by atoms with Gasteiger partial charge in [-0.15, -0.1) is 0 Å². The van der Waals surface area contributed by atoms with E-state index in [-0.39, 0.29) is 12.2 Å². The number of amides is 1. The van der Waals surface area contributed by atoms with Crippen LogP contribution in [0.25, 0.3) is 6.08 Å². The van der Waals surface area contributed by atoms with E-state index in [2.05, 4.69) is 0 Å². The molecule has 0 radical (unpaired) electrons. The maximum absolute atomic E-state index is 11.8. The first-order valence-corrected chi connectivity index (χ1v) is 7.65. The van der Waals surface area contributed by atoms with Crippen LogP contribution in [0.5, 0.6) is 0 Å². The summed E-state index contributed by atoms with van der Waals surface area (Å²) in [6.45, 7) is 0.525. The molecule has 0 saturated carbocycles. The molecule has 2 N–H and O–H groups in total. The molecule has 1 aromatic rings. The number of primary amides is 1. The summed E-state index contributed by atoms with van der Waals surface area (Å²) in [5.74, 6) is -0.191. The summed E-state index contributed by atoms with van der Waals surface area (Å²) in [4.78, 5) is 10.6. The average Bonchev–Trinajstić information content (AvgIpc) is 2.69. The van der Waals surface area contributed by atoms with Gasteiger partial charge in [0.25, 0.3) is 0 Å². The van der Waals surface area contributed by atoms with Gasteiger partial charge >= 0.3 is 0 Å². The van der Waals surface area contributed by atoms with Gasteiger partial charge in [0.1, 0.15) is 0 Å². The Kier molecular flexibility index (Phi) is 3.90. The van der Waals surface area contributed by atoms with E-state index >= 15 is 0 Å². The molecule has 19 heavy (non-hydrogen) atoms. The molecule has 102 valence electrons. The lowest BCUT2D eigenvalue weighted by atomic mass is 10.1. The molecule has 1 saturated heterocycles. The molecule has 1 amide bonds. The van der Waals surface area contributed by atoms with E-state index in [4.69, 9.17) is 5.73 Å². The third-order valence-corrected chi connectivity index (χ3v) is 4.76. The number of rotatable bonds is 4. The fourth-order valence-corrected chi connectivity index (χ4v) is 3.58. The minimum absolute atomic E-state index is 0.173. The number of nitrogens with zero attached hydrogens (tertiary/aromatic N) is 1. The van der Waals surface area contributed by atoms with Gasteiger partial charge in [-0.3, -0.25) is 9.10 Å². The topological polar surface area (TPSA) is 80.5 Å². The van der Waals surface area contributed by atoms with Crippen LogP contribution in [0, 0.1) is 0 Å². The summed E-state index contributed by atoms with van der Waals surface area (Å²) in [5, 5.41) is 0. The minimum atomic E-state index is -3.16. The second kappa shape index (κ2) is 5.44. The van der Waals surface area contributed by atoms with Crippen LogP contribution in [0.2, 0.25) is 0 Å². The Morgan fingerprint density at radius 3 is 2.84 bits per heavy atom. The van der Waals surface area contributed by atoms with Crippen molar-refractivity contribution in [2.45, 2.75) is 12.8 Å². The quantitative estimate of drug-likeness (QED) is 0.897. The van der Waals surface area contributed by atoms with Gasteiger partial charge in [0.15, 0.2) is 0 Å². The van der Waals surface area contributed by atoms with E-state index in [1.165, 1.54) is 4.31 Å². The standard InChI is InChI=1S/C13H16N2O3S/c14-13(16)7-2-5-11-4-1-6-12(10-11)15-8-3-9-19(15,17)18/h1-2,4-6,10H,3,7-9H2,(H2,14,16). The van der Waals surface area contributed by atoms with Crippen molar-refractivity contribution in [2.75, 3.05) is 16.6 Å². The van der Waals surface area contributed by atoms with Gasteiger partial charge in [0.2, 0.25) is 15.9 Å². The van der Waals surface area contributed by atoms with Crippen molar-refractivity contribution >= 4 is 27.7 Å². The Balaban J connectivity index is 2.20. The summed E-state index contributed by atoms with van der Waals surface area (Å²) in [6.07, 6.45) is 4.26. The maximum Gasteiger partial charge on any atom is 0.235 e. The van der Waals surface area contributed by atoms with Gasteiger partial charge < -0.3 is 5.73 Å². The minimum Gasteiger partial charge on any atom is -0.369 e. The van der Waals surface area contributed by atoms with Gasteiger partial charge in [-0.25, -0.2) is 8.42 Å². The lowest BCUT2D eigenvalue weighted by Crippen LogP contribution is -2.24. The highest BCUT2D eigenvalue weighted by atomic mass is 32.2. The molecule has 6 heteroatoms. The normalized spacial score (nSPS) is 18.0. The molecular weight excluding hydrogens is 264 g/mol. The fraction of sp³-hybridized carbons (Fsp3) is 0.308. The van der Waals surface area contributed by atoms with E-state index in [0.29, 0.717) is 18.7 Å². The van der Waals surface area contributed by atoms with Crippen LogP contribution in [0.15, 0.2) is 30.3 Å². The molecule has 0 atom stereocenters. The van der Waals surface area contributed by atoms with E-state index < -0.39 is 15.9 Å². The largest absolute Gasteiger partial charge is 0.369 e. The maximum atomic E-state index is 11.8. The zero-order valence-corrected chi connectivity index (χ0v) is 11.3. The van der Waals surface area contributed by atoms with Crippen molar-refractivity contribution < 1.29 is 13.2 Å². The summed E-state index contributed by atoms with van der Waals surface area (Å²) in [7, 11) is -3.16. The smallest absolute Gasteiger partial charge is 0.235 e. The number of benzene rings is 1. The van der Waals surface area contributed by atoms with Crippen molar-refractivity contribution in [3.8, 4) is 0 Å². The van der Waals surface area contributed by atoms with Crippen molar-refractivity contribution in [1.29, 1.82) is 0 Å². The molecule has 1 fully saturated rings. The first kappa shape index (κ1) is 13.6. The zero-order chi connectivity index (χ0) is 13.9. The van der Waals surface area contributed by atoms with Gasteiger partial charge in [-0.1, -0.05) is 24.3 Å². The predicted octanol–water partition coefficient (Wildman–Crippen LogP) is 1.12. The Hall–Kier alpha value is -1.82. The van der Waals surface area contributed by atoms with Crippen LogP contribution in [0.1, 0.15) is 18.4 Å². The van der Waals surface area contributed by atoms with Gasteiger partial charge in [0, 0.05) is 13.0 Å². The second-order valence-corrected chi connectivity index (χ2v) is 6.42. The van der Waals surface area contributed by atoms with Crippen LogP contribution in [0.4, 0.5) is 5.69 Å². The van der Waals surface area contributed by atoms with Crippen LogP contribution in [0.3, 0.4) is 0 Å². The summed E-state index contributed by atoms with van der Waals surface area (Å²) in [5.41, 5.74) is 6.56. The molecule has 0 aliphatic carbocycles. The van der Waals surface area contributed by atoms with E-state index in [0.717, 1.165) is 5.56 Å². The number of anilines is 1. The first-order chi connectivity index (χ1) is 8.99. The molecule has 5 nitrogen and oxygen atoms in total. The van der Waals surface area contributed by atoms with Crippen LogP contribution in [-0.2, 0) is 14.8 Å². The highest BCUT2D eigenvalue weighted by molar-refractivity contribution is 7.93. The highest BCUT2D eigenvalue weighted by Crippen LogP contribution is 2.25. The van der Waals surface area contributed by atoms with Crippen molar-refractivity contribution in [2.24, 2.45) is 5.73 Å². The first-order valence-electron chi connectivity index (χ1n) is 6.04. The summed E-state index contributed by atoms with van der Waals surface area (Å²) >= 11 is 0. The molecular formula is C13H16N2O3S. The molecule has 2 rings (SSSR count). The molecule has 1 aromatic carbocycles. The number of carbonyl (C=O) groups excluding carboxylic acids is 1. The third-order valence-electron chi connectivity index (χ3n) is 2.89. The number of hydrogen-bond donors (Lipinski definition) is 1. The Bertz CT molecular complexity index is 608. The van der Waals surface area contributed by atoms with Gasteiger partial charge in [-0.05, 0) is 24.1 Å². The molecule has 1 aliphatic heterocycles. The summed E-state index contributed by atoms with van der Waals surface area (Å²) in [6, 6.07) is 7.21. The predicted molar refractivity (Wildman–Crippen MR) is 75.0 cm³/mol.